The molecule has 2 fully saturated rings. The highest BCUT2D eigenvalue weighted by atomic mass is 35.5. The van der Waals surface area contributed by atoms with Gasteiger partial charge in [-0.25, -0.2) is 4.68 Å². The highest BCUT2D eigenvalue weighted by Crippen LogP contribution is 2.43. The number of ether oxygens (including phenoxy) is 3. The Bertz CT molecular complexity index is 1120. The summed E-state index contributed by atoms with van der Waals surface area (Å²) < 4.78 is 19.9. The van der Waals surface area contributed by atoms with Gasteiger partial charge in [-0.05, 0) is 37.1 Å². The maximum Gasteiger partial charge on any atom is 0.226 e. The van der Waals surface area contributed by atoms with E-state index in [4.69, 9.17) is 43.1 Å². The second-order valence-electron chi connectivity index (χ2n) is 7.98. The fraction of sp³-hybridized carbons (Fsp3) is 0.450. The van der Waals surface area contributed by atoms with Crippen LogP contribution in [0.3, 0.4) is 0 Å². The number of rotatable bonds is 5. The largest absolute Gasteiger partial charge is 0.365 e. The van der Waals surface area contributed by atoms with Crippen LogP contribution in [0.1, 0.15) is 25.6 Å². The predicted molar refractivity (Wildman–Crippen MR) is 116 cm³/mol. The minimum atomic E-state index is -0.734. The zero-order valence-electron chi connectivity index (χ0n) is 17.0. The molecule has 164 valence electrons. The van der Waals surface area contributed by atoms with Gasteiger partial charge in [0.05, 0.1) is 11.6 Å². The molecule has 9 nitrogen and oxygen atoms in total. The van der Waals surface area contributed by atoms with Gasteiger partial charge in [-0.3, -0.25) is 0 Å². The van der Waals surface area contributed by atoms with Crippen LogP contribution in [-0.4, -0.2) is 50.4 Å². The lowest BCUT2D eigenvalue weighted by molar-refractivity contribution is -0.196. The van der Waals surface area contributed by atoms with Gasteiger partial charge in [0, 0.05) is 18.1 Å². The van der Waals surface area contributed by atoms with Crippen molar-refractivity contribution >= 4 is 40.1 Å². The number of benzene rings is 1. The molecule has 0 aliphatic carbocycles. The van der Waals surface area contributed by atoms with E-state index in [2.05, 4.69) is 20.4 Å². The molecule has 0 unspecified atom stereocenters. The summed E-state index contributed by atoms with van der Waals surface area (Å²) in [6.45, 7) is 4.51. The van der Waals surface area contributed by atoms with Crippen molar-refractivity contribution < 1.29 is 14.2 Å². The van der Waals surface area contributed by atoms with E-state index in [1.54, 1.807) is 10.9 Å². The summed E-state index contributed by atoms with van der Waals surface area (Å²) in [4.78, 5) is 8.73. The second kappa shape index (κ2) is 7.84. The molecule has 31 heavy (non-hydrogen) atoms. The first-order valence-electron chi connectivity index (χ1n) is 9.95. The average Bonchev–Trinajstić information content (AvgIpc) is 3.37. The average molecular weight is 465 g/mol. The van der Waals surface area contributed by atoms with E-state index in [0.29, 0.717) is 35.0 Å². The molecule has 1 aromatic carbocycles. The van der Waals surface area contributed by atoms with Crippen LogP contribution in [0.25, 0.3) is 11.0 Å². The van der Waals surface area contributed by atoms with Crippen molar-refractivity contribution in [1.82, 2.24) is 19.7 Å². The van der Waals surface area contributed by atoms with Crippen LogP contribution >= 0.6 is 23.2 Å². The van der Waals surface area contributed by atoms with Gasteiger partial charge < -0.3 is 25.3 Å². The Balaban J connectivity index is 1.48. The fourth-order valence-corrected chi connectivity index (χ4v) is 4.45. The SMILES string of the molecule is CC1(C)O[C@@H]2[C@H](O1)[C@@H](CN)O[C@H]2n1ncc2c(NCc3ccccc3Cl)nc(Cl)nc21. The Hall–Kier alpha value is -2.01. The molecule has 0 amide bonds. The van der Waals surface area contributed by atoms with Crippen LogP contribution in [0.15, 0.2) is 30.5 Å². The Morgan fingerprint density at radius 3 is 2.71 bits per heavy atom. The van der Waals surface area contributed by atoms with E-state index < -0.39 is 12.0 Å². The molecule has 3 aromatic rings. The number of halogens is 2. The molecule has 0 bridgehead atoms. The number of nitrogens with two attached hydrogens (primary N) is 1. The van der Waals surface area contributed by atoms with Gasteiger partial charge in [-0.15, -0.1) is 0 Å². The lowest BCUT2D eigenvalue weighted by Gasteiger charge is -2.24. The molecule has 0 radical (unpaired) electrons. The molecule has 5 rings (SSSR count). The summed E-state index contributed by atoms with van der Waals surface area (Å²) in [5.74, 6) is -0.183. The van der Waals surface area contributed by atoms with E-state index in [9.17, 15) is 0 Å². The number of hydrogen-bond acceptors (Lipinski definition) is 8. The van der Waals surface area contributed by atoms with Crippen molar-refractivity contribution in [3.8, 4) is 0 Å². The Morgan fingerprint density at radius 2 is 1.94 bits per heavy atom. The molecule has 3 N–H and O–H groups in total. The van der Waals surface area contributed by atoms with Gasteiger partial charge in [-0.1, -0.05) is 29.8 Å². The number of fused-ring (bicyclic) bond motifs is 2. The van der Waals surface area contributed by atoms with Gasteiger partial charge in [0.1, 0.15) is 24.1 Å². The summed E-state index contributed by atoms with van der Waals surface area (Å²) >= 11 is 12.5. The third-order valence-electron chi connectivity index (χ3n) is 5.43. The fourth-order valence-electron chi connectivity index (χ4n) is 4.09. The van der Waals surface area contributed by atoms with Crippen molar-refractivity contribution in [2.45, 2.75) is 50.7 Å². The minimum Gasteiger partial charge on any atom is -0.365 e. The summed E-state index contributed by atoms with van der Waals surface area (Å²) in [6.07, 6.45) is 0.140. The first-order chi connectivity index (χ1) is 14.9. The summed E-state index contributed by atoms with van der Waals surface area (Å²) in [5, 5.41) is 9.25. The molecular formula is C20H22Cl2N6O3. The predicted octanol–water partition coefficient (Wildman–Crippen LogP) is 3.12. The number of hydrogen-bond donors (Lipinski definition) is 2. The van der Waals surface area contributed by atoms with Crippen molar-refractivity contribution in [3.05, 3.63) is 46.3 Å². The molecule has 11 heteroatoms. The zero-order chi connectivity index (χ0) is 21.8. The maximum absolute atomic E-state index is 6.26. The maximum atomic E-state index is 6.26. The van der Waals surface area contributed by atoms with Crippen molar-refractivity contribution in [3.63, 3.8) is 0 Å². The highest BCUT2D eigenvalue weighted by molar-refractivity contribution is 6.31. The molecule has 4 heterocycles. The van der Waals surface area contributed by atoms with E-state index in [1.807, 2.05) is 38.1 Å². The second-order valence-corrected chi connectivity index (χ2v) is 8.72. The van der Waals surface area contributed by atoms with Crippen LogP contribution in [0.4, 0.5) is 5.82 Å². The van der Waals surface area contributed by atoms with Crippen LogP contribution in [0.5, 0.6) is 0 Å². The van der Waals surface area contributed by atoms with Gasteiger partial charge in [-0.2, -0.15) is 15.1 Å². The van der Waals surface area contributed by atoms with Gasteiger partial charge in [0.15, 0.2) is 17.7 Å². The topological polar surface area (TPSA) is 109 Å². The van der Waals surface area contributed by atoms with Crippen molar-refractivity contribution in [1.29, 1.82) is 0 Å². The molecule has 2 saturated heterocycles. The number of anilines is 1. The molecule has 2 aliphatic heterocycles. The van der Waals surface area contributed by atoms with Crippen molar-refractivity contribution in [2.24, 2.45) is 5.73 Å². The molecule has 2 aromatic heterocycles. The standard InChI is InChI=1S/C20H22Cl2N6O3/c1-20(2)30-14-13(7-23)29-18(15(14)31-20)28-17-11(9-25-28)16(26-19(22)27-17)24-8-10-5-3-4-6-12(10)21/h3-6,9,13-15,18H,7-8,23H2,1-2H3,(H,24,26,27)/t13-,14-,15-,18-/m1/s1. The van der Waals surface area contributed by atoms with E-state index in [0.717, 1.165) is 5.56 Å². The molecule has 4 atom stereocenters. The summed E-state index contributed by atoms with van der Waals surface area (Å²) in [5.41, 5.74) is 7.36. The van der Waals surface area contributed by atoms with Crippen LogP contribution < -0.4 is 11.1 Å². The van der Waals surface area contributed by atoms with Gasteiger partial charge >= 0.3 is 0 Å². The quantitative estimate of drug-likeness (QED) is 0.554. The smallest absolute Gasteiger partial charge is 0.226 e. The summed E-state index contributed by atoms with van der Waals surface area (Å²) in [7, 11) is 0. The number of nitrogens with one attached hydrogen (secondary N) is 1. The number of aromatic nitrogens is 4. The lowest BCUT2D eigenvalue weighted by atomic mass is 10.1. The van der Waals surface area contributed by atoms with Crippen LogP contribution in [-0.2, 0) is 20.8 Å². The first-order valence-corrected chi connectivity index (χ1v) is 10.7. The normalized spacial score (nSPS) is 27.0. The monoisotopic (exact) mass is 464 g/mol. The Labute approximate surface area is 188 Å². The van der Waals surface area contributed by atoms with E-state index in [1.165, 1.54) is 0 Å². The zero-order valence-corrected chi connectivity index (χ0v) is 18.5. The Kier molecular flexibility index (Phi) is 5.28. The van der Waals surface area contributed by atoms with E-state index >= 15 is 0 Å². The molecule has 2 aliphatic rings. The molecule has 0 spiro atoms. The number of nitrogens with zero attached hydrogens (tertiary/aromatic N) is 4. The van der Waals surface area contributed by atoms with Crippen LogP contribution in [0, 0.1) is 0 Å². The minimum absolute atomic E-state index is 0.0877. The first kappa shape index (κ1) is 20.9. The molecular weight excluding hydrogens is 443 g/mol. The summed E-state index contributed by atoms with van der Waals surface area (Å²) in [6, 6.07) is 7.59. The molecule has 0 saturated carbocycles. The van der Waals surface area contributed by atoms with E-state index in [-0.39, 0.29) is 23.6 Å². The van der Waals surface area contributed by atoms with Gasteiger partial charge in [0.25, 0.3) is 0 Å². The van der Waals surface area contributed by atoms with Gasteiger partial charge in [0.2, 0.25) is 5.28 Å². The van der Waals surface area contributed by atoms with Crippen molar-refractivity contribution in [2.75, 3.05) is 11.9 Å². The lowest BCUT2D eigenvalue weighted by Crippen LogP contribution is -2.34. The van der Waals surface area contributed by atoms with Crippen LogP contribution in [0.2, 0.25) is 10.3 Å². The Morgan fingerprint density at radius 1 is 1.16 bits per heavy atom. The third kappa shape index (κ3) is 3.75. The highest BCUT2D eigenvalue weighted by Gasteiger charge is 2.56. The third-order valence-corrected chi connectivity index (χ3v) is 5.97.